The number of H-pyrrole nitrogens is 1. The number of imidazole rings is 1. The highest BCUT2D eigenvalue weighted by molar-refractivity contribution is 5.78. The predicted molar refractivity (Wildman–Crippen MR) is 54.3 cm³/mol. The summed E-state index contributed by atoms with van der Waals surface area (Å²) in [5.74, 6) is 0.943. The molecule has 0 aliphatic heterocycles. The van der Waals surface area contributed by atoms with Crippen LogP contribution in [0, 0.1) is 0 Å². The third-order valence-corrected chi connectivity index (χ3v) is 2.01. The van der Waals surface area contributed by atoms with Crippen molar-refractivity contribution in [3.8, 4) is 0 Å². The minimum Gasteiger partial charge on any atom is -0.342 e. The van der Waals surface area contributed by atoms with Gasteiger partial charge in [-0.1, -0.05) is 18.1 Å². The number of aromatic nitrogens is 2. The van der Waals surface area contributed by atoms with E-state index in [2.05, 4.69) is 20.0 Å². The van der Waals surface area contributed by atoms with E-state index in [1.165, 1.54) is 0 Å². The van der Waals surface area contributed by atoms with Gasteiger partial charge in [-0.3, -0.25) is 0 Å². The maximum atomic E-state index is 8.28. The van der Waals surface area contributed by atoms with Crippen molar-refractivity contribution in [2.24, 2.45) is 5.11 Å². The van der Waals surface area contributed by atoms with Crippen LogP contribution < -0.4 is 0 Å². The molecule has 0 aliphatic rings. The van der Waals surface area contributed by atoms with Crippen LogP contribution in [0.5, 0.6) is 0 Å². The topological polar surface area (TPSA) is 77.4 Å². The number of nitrogens with zero attached hydrogens (tertiary/aromatic N) is 4. The Morgan fingerprint density at radius 2 is 2.43 bits per heavy atom. The Hall–Kier alpha value is -2.00. The minimum atomic E-state index is 0.603. The molecule has 5 nitrogen and oxygen atoms in total. The molecule has 1 heterocycles. The number of benzene rings is 1. The van der Waals surface area contributed by atoms with E-state index in [4.69, 9.17) is 5.53 Å². The second kappa shape index (κ2) is 3.40. The quantitative estimate of drug-likeness (QED) is 0.437. The van der Waals surface area contributed by atoms with Gasteiger partial charge in [-0.15, -0.1) is 0 Å². The minimum absolute atomic E-state index is 0.603. The first-order valence-electron chi connectivity index (χ1n) is 4.37. The van der Waals surface area contributed by atoms with Crippen molar-refractivity contribution >= 4 is 16.7 Å². The molecule has 0 fully saturated rings. The van der Waals surface area contributed by atoms with Crippen molar-refractivity contribution < 1.29 is 0 Å². The van der Waals surface area contributed by atoms with Gasteiger partial charge in [-0.25, -0.2) is 4.98 Å². The fourth-order valence-electron chi connectivity index (χ4n) is 1.33. The molecule has 1 aromatic heterocycles. The molecule has 0 spiro atoms. The van der Waals surface area contributed by atoms with Gasteiger partial charge < -0.3 is 4.98 Å². The van der Waals surface area contributed by atoms with Crippen LogP contribution in [0.1, 0.15) is 12.7 Å². The van der Waals surface area contributed by atoms with Crippen LogP contribution in [-0.4, -0.2) is 9.97 Å². The summed E-state index contributed by atoms with van der Waals surface area (Å²) in [6.07, 6.45) is 0.867. The van der Waals surface area contributed by atoms with Gasteiger partial charge >= 0.3 is 0 Å². The molecule has 1 aromatic carbocycles. The highest BCUT2D eigenvalue weighted by Crippen LogP contribution is 2.19. The van der Waals surface area contributed by atoms with Crippen molar-refractivity contribution in [1.29, 1.82) is 0 Å². The van der Waals surface area contributed by atoms with Crippen molar-refractivity contribution in [1.82, 2.24) is 9.97 Å². The van der Waals surface area contributed by atoms with Crippen LogP contribution in [0.4, 0.5) is 5.69 Å². The Bertz CT molecular complexity index is 507. The molecular formula is C9H9N5. The average Bonchev–Trinajstić information content (AvgIpc) is 2.60. The van der Waals surface area contributed by atoms with Crippen molar-refractivity contribution in [3.63, 3.8) is 0 Å². The smallest absolute Gasteiger partial charge is 0.106 e. The van der Waals surface area contributed by atoms with Crippen LogP contribution >= 0.6 is 0 Å². The second-order valence-electron chi connectivity index (χ2n) is 2.93. The maximum Gasteiger partial charge on any atom is 0.106 e. The molecule has 0 saturated heterocycles. The van der Waals surface area contributed by atoms with E-state index in [0.717, 1.165) is 23.3 Å². The van der Waals surface area contributed by atoms with E-state index in [1.807, 2.05) is 13.0 Å². The van der Waals surface area contributed by atoms with Gasteiger partial charge in [0.2, 0.25) is 0 Å². The van der Waals surface area contributed by atoms with E-state index < -0.39 is 0 Å². The van der Waals surface area contributed by atoms with Crippen LogP contribution in [0.25, 0.3) is 21.5 Å². The first-order valence-corrected chi connectivity index (χ1v) is 4.37. The van der Waals surface area contributed by atoms with Gasteiger partial charge in [0.05, 0.1) is 11.0 Å². The number of nitrogens with one attached hydrogen (secondary N) is 1. The number of fused-ring (bicyclic) bond motifs is 1. The number of hydrogen-bond donors (Lipinski definition) is 1. The number of aromatic amines is 1. The average molecular weight is 187 g/mol. The molecule has 5 heteroatoms. The molecule has 0 atom stereocenters. The maximum absolute atomic E-state index is 8.28. The molecule has 14 heavy (non-hydrogen) atoms. The summed E-state index contributed by atoms with van der Waals surface area (Å²) < 4.78 is 0. The Kier molecular flexibility index (Phi) is 2.08. The molecule has 2 aromatic rings. The van der Waals surface area contributed by atoms with Gasteiger partial charge in [0, 0.05) is 17.0 Å². The lowest BCUT2D eigenvalue weighted by atomic mass is 10.3. The fourth-order valence-corrected chi connectivity index (χ4v) is 1.33. The van der Waals surface area contributed by atoms with Crippen LogP contribution in [0.15, 0.2) is 23.3 Å². The molecule has 1 N–H and O–H groups in total. The van der Waals surface area contributed by atoms with Gasteiger partial charge in [0.25, 0.3) is 0 Å². The summed E-state index contributed by atoms with van der Waals surface area (Å²) in [5.41, 5.74) is 10.7. The monoisotopic (exact) mass is 187 g/mol. The summed E-state index contributed by atoms with van der Waals surface area (Å²) in [6, 6.07) is 5.39. The van der Waals surface area contributed by atoms with Crippen molar-refractivity contribution in [2.45, 2.75) is 13.3 Å². The lowest BCUT2D eigenvalue weighted by molar-refractivity contribution is 1.00. The summed E-state index contributed by atoms with van der Waals surface area (Å²) in [4.78, 5) is 10.2. The molecule has 0 saturated carbocycles. The van der Waals surface area contributed by atoms with Crippen molar-refractivity contribution in [3.05, 3.63) is 34.5 Å². The fraction of sp³-hybridized carbons (Fsp3) is 0.222. The predicted octanol–water partition coefficient (Wildman–Crippen LogP) is 3.07. The van der Waals surface area contributed by atoms with Crippen LogP contribution in [0.2, 0.25) is 0 Å². The van der Waals surface area contributed by atoms with E-state index in [-0.39, 0.29) is 0 Å². The zero-order chi connectivity index (χ0) is 9.97. The molecule has 70 valence electrons. The second-order valence-corrected chi connectivity index (χ2v) is 2.93. The summed E-state index contributed by atoms with van der Waals surface area (Å²) in [5, 5.41) is 3.52. The summed E-state index contributed by atoms with van der Waals surface area (Å²) in [7, 11) is 0. The zero-order valence-corrected chi connectivity index (χ0v) is 7.73. The van der Waals surface area contributed by atoms with E-state index >= 15 is 0 Å². The Morgan fingerprint density at radius 1 is 1.57 bits per heavy atom. The van der Waals surface area contributed by atoms with Gasteiger partial charge in [-0.05, 0) is 17.7 Å². The number of hydrogen-bond acceptors (Lipinski definition) is 2. The third-order valence-electron chi connectivity index (χ3n) is 2.01. The highest BCUT2D eigenvalue weighted by Gasteiger charge is 2.00. The van der Waals surface area contributed by atoms with Gasteiger partial charge in [0.1, 0.15) is 5.82 Å². The van der Waals surface area contributed by atoms with Crippen LogP contribution in [-0.2, 0) is 6.42 Å². The number of aryl methyl sites for hydroxylation is 1. The van der Waals surface area contributed by atoms with Gasteiger partial charge in [-0.2, -0.15) is 0 Å². The van der Waals surface area contributed by atoms with E-state index in [9.17, 15) is 0 Å². The Balaban J connectivity index is 2.59. The first-order chi connectivity index (χ1) is 6.83. The standard InChI is InChI=1S/C9H9N5/c1-2-9-11-7-4-3-6(13-14-10)5-8(7)12-9/h3-5H,2H2,1H3,(H,11,12). The molecule has 0 unspecified atom stereocenters. The Labute approximate surface area is 80.4 Å². The lowest BCUT2D eigenvalue weighted by Crippen LogP contribution is -1.79. The molecular weight excluding hydrogens is 178 g/mol. The lowest BCUT2D eigenvalue weighted by Gasteiger charge is -1.89. The SMILES string of the molecule is CCc1nc2ccc(N=[N+]=[N-])cc2[nH]1. The normalized spacial score (nSPS) is 10.1. The Morgan fingerprint density at radius 3 is 3.14 bits per heavy atom. The van der Waals surface area contributed by atoms with E-state index in [0.29, 0.717) is 5.69 Å². The summed E-state index contributed by atoms with van der Waals surface area (Å²) >= 11 is 0. The van der Waals surface area contributed by atoms with Gasteiger partial charge in [0.15, 0.2) is 0 Å². The molecule has 0 amide bonds. The van der Waals surface area contributed by atoms with E-state index in [1.54, 1.807) is 12.1 Å². The van der Waals surface area contributed by atoms with Crippen molar-refractivity contribution in [2.75, 3.05) is 0 Å². The molecule has 0 aliphatic carbocycles. The largest absolute Gasteiger partial charge is 0.342 e. The number of rotatable bonds is 2. The zero-order valence-electron chi connectivity index (χ0n) is 7.73. The summed E-state index contributed by atoms with van der Waals surface area (Å²) in [6.45, 7) is 2.03. The molecule has 0 radical (unpaired) electrons. The number of azide groups is 1. The highest BCUT2D eigenvalue weighted by atomic mass is 15.1. The molecule has 0 bridgehead atoms. The third kappa shape index (κ3) is 1.41. The molecule has 2 rings (SSSR count). The van der Waals surface area contributed by atoms with Crippen LogP contribution in [0.3, 0.4) is 0 Å². The first kappa shape index (κ1) is 8.59.